The highest BCUT2D eigenvalue weighted by atomic mass is 35.5. The second-order valence-electron chi connectivity index (χ2n) is 6.04. The maximum atomic E-state index is 12.9. The quantitative estimate of drug-likeness (QED) is 0.705. The summed E-state index contributed by atoms with van der Waals surface area (Å²) in [5, 5.41) is 0.999. The molecule has 1 aromatic heterocycles. The fourth-order valence-corrected chi connectivity index (χ4v) is 5.22. The summed E-state index contributed by atoms with van der Waals surface area (Å²) in [4.78, 5) is 4.18. The molecule has 0 amide bonds. The highest BCUT2D eigenvalue weighted by molar-refractivity contribution is 7.89. The van der Waals surface area contributed by atoms with Crippen molar-refractivity contribution in [2.75, 3.05) is 13.1 Å². The van der Waals surface area contributed by atoms with Gasteiger partial charge in [-0.1, -0.05) is 34.8 Å². The molecule has 3 rings (SSSR count). The highest BCUT2D eigenvalue weighted by Gasteiger charge is 2.32. The van der Waals surface area contributed by atoms with Crippen LogP contribution in [0.4, 0.5) is 0 Å². The Morgan fingerprint density at radius 1 is 1.12 bits per heavy atom. The van der Waals surface area contributed by atoms with E-state index in [9.17, 15) is 8.42 Å². The van der Waals surface area contributed by atoms with Crippen molar-refractivity contribution < 1.29 is 13.2 Å². The number of aromatic nitrogens is 1. The zero-order chi connectivity index (χ0) is 18.9. The van der Waals surface area contributed by atoms with Crippen LogP contribution in [-0.2, 0) is 10.0 Å². The summed E-state index contributed by atoms with van der Waals surface area (Å²) in [5.74, 6) is 0.367. The Balaban J connectivity index is 1.71. The number of aryl methyl sites for hydroxylation is 1. The molecule has 1 saturated heterocycles. The number of hydrogen-bond acceptors (Lipinski definition) is 4. The molecular weight excluding hydrogens is 419 g/mol. The number of halogens is 3. The standard InChI is InChI=1S/C17H17Cl3N2O3S/c1-11-9-16(15(20)10-14(11)19)26(23,24)22-7-4-12(5-8-22)25-17-13(18)3-2-6-21-17/h2-3,6,9-10,12H,4-5,7-8H2,1H3. The van der Waals surface area contributed by atoms with Crippen molar-refractivity contribution in [3.8, 4) is 5.88 Å². The first kappa shape index (κ1) is 19.7. The second kappa shape index (κ2) is 7.90. The van der Waals surface area contributed by atoms with Crippen LogP contribution in [0.3, 0.4) is 0 Å². The molecule has 9 heteroatoms. The van der Waals surface area contributed by atoms with Gasteiger partial charge in [0.05, 0.1) is 5.02 Å². The third-order valence-electron chi connectivity index (χ3n) is 4.23. The Labute approximate surface area is 167 Å². The summed E-state index contributed by atoms with van der Waals surface area (Å²) in [7, 11) is -3.69. The van der Waals surface area contributed by atoms with Crippen LogP contribution in [0.1, 0.15) is 18.4 Å². The molecule has 0 unspecified atom stereocenters. The average Bonchev–Trinajstić information content (AvgIpc) is 2.60. The molecule has 0 N–H and O–H groups in total. The van der Waals surface area contributed by atoms with E-state index in [1.54, 1.807) is 25.3 Å². The van der Waals surface area contributed by atoms with Crippen molar-refractivity contribution >= 4 is 44.8 Å². The molecule has 2 heterocycles. The summed E-state index contributed by atoms with van der Waals surface area (Å²) in [5.41, 5.74) is 0.664. The monoisotopic (exact) mass is 434 g/mol. The first-order valence-corrected chi connectivity index (χ1v) is 10.6. The molecule has 1 aliphatic rings. The maximum Gasteiger partial charge on any atom is 0.244 e. The van der Waals surface area contributed by atoms with Gasteiger partial charge in [-0.2, -0.15) is 4.31 Å². The zero-order valence-electron chi connectivity index (χ0n) is 14.0. The lowest BCUT2D eigenvalue weighted by Crippen LogP contribution is -2.41. The molecule has 1 fully saturated rings. The fourth-order valence-electron chi connectivity index (χ4n) is 2.77. The topological polar surface area (TPSA) is 59.5 Å². The molecule has 5 nitrogen and oxygen atoms in total. The van der Waals surface area contributed by atoms with E-state index >= 15 is 0 Å². The smallest absolute Gasteiger partial charge is 0.244 e. The maximum absolute atomic E-state index is 12.9. The van der Waals surface area contributed by atoms with Gasteiger partial charge in [0.1, 0.15) is 16.0 Å². The summed E-state index contributed by atoms with van der Waals surface area (Å²) in [6.07, 6.45) is 2.54. The van der Waals surface area contributed by atoms with Crippen LogP contribution in [0.15, 0.2) is 35.4 Å². The van der Waals surface area contributed by atoms with Crippen molar-refractivity contribution in [1.29, 1.82) is 0 Å². The van der Waals surface area contributed by atoms with Crippen LogP contribution in [0.5, 0.6) is 5.88 Å². The summed E-state index contributed by atoms with van der Waals surface area (Å²) >= 11 is 18.2. The molecule has 26 heavy (non-hydrogen) atoms. The van der Waals surface area contributed by atoms with Crippen molar-refractivity contribution in [3.05, 3.63) is 51.1 Å². The number of sulfonamides is 1. The summed E-state index contributed by atoms with van der Waals surface area (Å²) in [6.45, 7) is 2.40. The lowest BCUT2D eigenvalue weighted by molar-refractivity contribution is 0.130. The van der Waals surface area contributed by atoms with Crippen LogP contribution in [-0.4, -0.2) is 36.9 Å². The van der Waals surface area contributed by atoms with Crippen molar-refractivity contribution in [2.45, 2.75) is 30.8 Å². The van der Waals surface area contributed by atoms with Crippen molar-refractivity contribution in [3.63, 3.8) is 0 Å². The summed E-state index contributed by atoms with van der Waals surface area (Å²) in [6, 6.07) is 6.40. The molecule has 0 spiro atoms. The molecule has 0 radical (unpaired) electrons. The van der Waals surface area contributed by atoms with Gasteiger partial charge in [-0.3, -0.25) is 0 Å². The van der Waals surface area contributed by atoms with E-state index in [-0.39, 0.29) is 16.0 Å². The predicted molar refractivity (Wildman–Crippen MR) is 103 cm³/mol. The number of hydrogen-bond donors (Lipinski definition) is 0. The molecule has 0 aliphatic carbocycles. The molecule has 0 saturated carbocycles. The van der Waals surface area contributed by atoms with Gasteiger partial charge in [-0.15, -0.1) is 0 Å². The van der Waals surface area contributed by atoms with Gasteiger partial charge in [0, 0.05) is 24.3 Å². The van der Waals surface area contributed by atoms with E-state index in [2.05, 4.69) is 4.98 Å². The van der Waals surface area contributed by atoms with Gasteiger partial charge in [0.2, 0.25) is 15.9 Å². The van der Waals surface area contributed by atoms with Gasteiger partial charge in [-0.25, -0.2) is 13.4 Å². The SMILES string of the molecule is Cc1cc(S(=O)(=O)N2CCC(Oc3ncccc3Cl)CC2)c(Cl)cc1Cl. The van der Waals surface area contributed by atoms with E-state index < -0.39 is 10.0 Å². The number of nitrogens with zero attached hydrogens (tertiary/aromatic N) is 2. The Kier molecular flexibility index (Phi) is 5.99. The minimum Gasteiger partial charge on any atom is -0.473 e. The van der Waals surface area contributed by atoms with Crippen LogP contribution < -0.4 is 4.74 Å². The van der Waals surface area contributed by atoms with Crippen molar-refractivity contribution in [1.82, 2.24) is 9.29 Å². The van der Waals surface area contributed by atoms with Crippen molar-refractivity contribution in [2.24, 2.45) is 0 Å². The van der Waals surface area contributed by atoms with E-state index in [1.165, 1.54) is 16.4 Å². The Morgan fingerprint density at radius 3 is 2.46 bits per heavy atom. The van der Waals surface area contributed by atoms with Crippen LogP contribution in [0.25, 0.3) is 0 Å². The number of ether oxygens (including phenoxy) is 1. The molecule has 1 aliphatic heterocycles. The molecular formula is C17H17Cl3N2O3S. The average molecular weight is 436 g/mol. The van der Waals surface area contributed by atoms with Crippen LogP contribution >= 0.6 is 34.8 Å². The summed E-state index contributed by atoms with van der Waals surface area (Å²) < 4.78 is 33.1. The molecule has 2 aromatic rings. The van der Waals surface area contributed by atoms with Gasteiger partial charge >= 0.3 is 0 Å². The Hall–Kier alpha value is -1.05. The largest absolute Gasteiger partial charge is 0.473 e. The first-order valence-electron chi connectivity index (χ1n) is 8.02. The molecule has 0 bridgehead atoms. The fraction of sp³-hybridized carbons (Fsp3) is 0.353. The van der Waals surface area contributed by atoms with Gasteiger partial charge in [0.25, 0.3) is 0 Å². The van der Waals surface area contributed by atoms with E-state index in [1.807, 2.05) is 0 Å². The lowest BCUT2D eigenvalue weighted by atomic mass is 10.1. The van der Waals surface area contributed by atoms with E-state index in [4.69, 9.17) is 39.5 Å². The number of pyridine rings is 1. The first-order chi connectivity index (χ1) is 12.3. The number of rotatable bonds is 4. The minimum atomic E-state index is -3.69. The van der Waals surface area contributed by atoms with Gasteiger partial charge in [-0.05, 0) is 49.6 Å². The zero-order valence-corrected chi connectivity index (χ0v) is 17.0. The molecule has 0 atom stereocenters. The molecule has 1 aromatic carbocycles. The number of benzene rings is 1. The van der Waals surface area contributed by atoms with E-state index in [0.717, 1.165) is 0 Å². The lowest BCUT2D eigenvalue weighted by Gasteiger charge is -2.31. The Bertz CT molecular complexity index is 913. The van der Waals surface area contributed by atoms with E-state index in [0.29, 0.717) is 47.4 Å². The number of piperidine rings is 1. The predicted octanol–water partition coefficient (Wildman–Crippen LogP) is 4.58. The molecule has 140 valence electrons. The Morgan fingerprint density at radius 2 is 1.81 bits per heavy atom. The third kappa shape index (κ3) is 4.10. The highest BCUT2D eigenvalue weighted by Crippen LogP contribution is 2.32. The van der Waals surface area contributed by atoms with Gasteiger partial charge < -0.3 is 4.74 Å². The third-order valence-corrected chi connectivity index (χ3v) is 7.29. The second-order valence-corrected chi connectivity index (χ2v) is 9.17. The van der Waals surface area contributed by atoms with Crippen LogP contribution in [0.2, 0.25) is 15.1 Å². The van der Waals surface area contributed by atoms with Gasteiger partial charge in [0.15, 0.2) is 0 Å². The minimum absolute atomic E-state index is 0.0770. The normalized spacial score (nSPS) is 16.6. The van der Waals surface area contributed by atoms with Crippen LogP contribution in [0, 0.1) is 6.92 Å².